The number of hydrogen-bond donors (Lipinski definition) is 1. The van der Waals surface area contributed by atoms with Crippen LogP contribution in [0.25, 0.3) is 5.69 Å². The van der Waals surface area contributed by atoms with Gasteiger partial charge in [-0.25, -0.2) is 13.8 Å². The summed E-state index contributed by atoms with van der Waals surface area (Å²) in [6.07, 6.45) is 1.58. The van der Waals surface area contributed by atoms with Crippen LogP contribution in [0.3, 0.4) is 0 Å². The Morgan fingerprint density at radius 2 is 1.60 bits per heavy atom. The molecule has 0 bridgehead atoms. The number of para-hydroxylation sites is 1. The molecular weight excluding hydrogens is 524 g/mol. The third kappa shape index (κ3) is 6.10. The van der Waals surface area contributed by atoms with E-state index in [1.165, 1.54) is 12.1 Å². The molecule has 4 rings (SSSR count). The summed E-state index contributed by atoms with van der Waals surface area (Å²) < 4.78 is 35.8. The van der Waals surface area contributed by atoms with Crippen molar-refractivity contribution in [2.24, 2.45) is 5.10 Å². The Bertz CT molecular complexity index is 1610. The molecule has 0 unspecified atom stereocenters. The summed E-state index contributed by atoms with van der Waals surface area (Å²) in [5.41, 5.74) is 9.15. The number of carbonyl (C=O) groups is 1. The number of nitrogens with one attached hydrogen (secondary N) is 1. The predicted octanol–water partition coefficient (Wildman–Crippen LogP) is 5.46. The lowest BCUT2D eigenvalue weighted by Gasteiger charge is -2.24. The fourth-order valence-corrected chi connectivity index (χ4v) is 6.11. The van der Waals surface area contributed by atoms with E-state index in [0.29, 0.717) is 18.0 Å². The zero-order valence-corrected chi connectivity index (χ0v) is 24.2. The molecule has 3 aromatic carbocycles. The van der Waals surface area contributed by atoms with Crippen molar-refractivity contribution < 1.29 is 17.9 Å². The van der Waals surface area contributed by atoms with Crippen LogP contribution in [0.15, 0.2) is 88.9 Å². The molecule has 1 aromatic heterocycles. The quantitative estimate of drug-likeness (QED) is 0.207. The number of anilines is 1. The predicted molar refractivity (Wildman–Crippen MR) is 159 cm³/mol. The third-order valence-corrected chi connectivity index (χ3v) is 8.37. The average molecular weight is 559 g/mol. The van der Waals surface area contributed by atoms with Gasteiger partial charge in [0.05, 0.1) is 29.1 Å². The second kappa shape index (κ2) is 12.2. The van der Waals surface area contributed by atoms with Crippen molar-refractivity contribution in [3.8, 4) is 11.4 Å². The van der Waals surface area contributed by atoms with E-state index >= 15 is 0 Å². The first-order valence-corrected chi connectivity index (χ1v) is 14.5. The number of ether oxygens (including phenoxy) is 1. The molecule has 0 saturated carbocycles. The van der Waals surface area contributed by atoms with Gasteiger partial charge in [-0.2, -0.15) is 5.10 Å². The van der Waals surface area contributed by atoms with Crippen molar-refractivity contribution in [1.82, 2.24) is 9.99 Å². The maximum Gasteiger partial charge on any atom is 0.264 e. The van der Waals surface area contributed by atoms with Crippen LogP contribution in [0.5, 0.6) is 5.75 Å². The molecule has 4 aromatic rings. The Balaban J connectivity index is 1.56. The van der Waals surface area contributed by atoms with Crippen molar-refractivity contribution in [2.75, 3.05) is 17.5 Å². The zero-order chi connectivity index (χ0) is 28.9. The Morgan fingerprint density at radius 3 is 2.23 bits per heavy atom. The van der Waals surface area contributed by atoms with Crippen LogP contribution in [0.4, 0.5) is 5.69 Å². The normalized spacial score (nSPS) is 11.5. The summed E-state index contributed by atoms with van der Waals surface area (Å²) in [6, 6.07) is 22.8. The molecule has 40 heavy (non-hydrogen) atoms. The second-order valence-electron chi connectivity index (χ2n) is 9.45. The van der Waals surface area contributed by atoms with Gasteiger partial charge in [-0.15, -0.1) is 0 Å². The van der Waals surface area contributed by atoms with E-state index in [4.69, 9.17) is 4.74 Å². The number of aryl methyl sites for hydroxylation is 3. The van der Waals surface area contributed by atoms with Crippen molar-refractivity contribution in [1.29, 1.82) is 0 Å². The van der Waals surface area contributed by atoms with Gasteiger partial charge in [0, 0.05) is 17.0 Å². The van der Waals surface area contributed by atoms with Crippen LogP contribution < -0.4 is 14.5 Å². The summed E-state index contributed by atoms with van der Waals surface area (Å²) in [6.45, 7) is 10.1. The lowest BCUT2D eigenvalue weighted by atomic mass is 10.1. The van der Waals surface area contributed by atoms with Crippen molar-refractivity contribution in [3.63, 3.8) is 0 Å². The molecule has 9 heteroatoms. The molecule has 0 fully saturated rings. The van der Waals surface area contributed by atoms with Gasteiger partial charge in [0.25, 0.3) is 15.9 Å². The molecule has 0 aliphatic heterocycles. The van der Waals surface area contributed by atoms with Gasteiger partial charge in [-0.3, -0.25) is 9.10 Å². The minimum absolute atomic E-state index is 0.0825. The molecule has 0 spiro atoms. The van der Waals surface area contributed by atoms with Crippen molar-refractivity contribution in [2.45, 2.75) is 39.5 Å². The molecule has 0 radical (unpaired) electrons. The molecule has 1 heterocycles. The van der Waals surface area contributed by atoms with Crippen molar-refractivity contribution in [3.05, 3.63) is 107 Å². The van der Waals surface area contributed by atoms with Crippen LogP contribution in [0.1, 0.15) is 35.0 Å². The summed E-state index contributed by atoms with van der Waals surface area (Å²) in [5, 5.41) is 4.16. The Kier molecular flexibility index (Phi) is 8.74. The van der Waals surface area contributed by atoms with Gasteiger partial charge in [0.1, 0.15) is 12.3 Å². The monoisotopic (exact) mass is 558 g/mol. The number of hydrogen-bond acceptors (Lipinski definition) is 5. The van der Waals surface area contributed by atoms with Gasteiger partial charge in [-0.1, -0.05) is 36.4 Å². The van der Waals surface area contributed by atoms with Crippen LogP contribution in [0.2, 0.25) is 0 Å². The maximum atomic E-state index is 13.5. The number of rotatable bonds is 10. The van der Waals surface area contributed by atoms with Crippen LogP contribution in [-0.2, 0) is 14.8 Å². The molecule has 1 N–H and O–H groups in total. The van der Waals surface area contributed by atoms with Gasteiger partial charge in [0.15, 0.2) is 0 Å². The number of benzene rings is 3. The molecule has 8 nitrogen and oxygen atoms in total. The molecule has 0 aliphatic carbocycles. The van der Waals surface area contributed by atoms with Crippen molar-refractivity contribution >= 4 is 27.8 Å². The highest BCUT2D eigenvalue weighted by Gasteiger charge is 2.27. The highest BCUT2D eigenvalue weighted by atomic mass is 32.2. The summed E-state index contributed by atoms with van der Waals surface area (Å²) >= 11 is 0. The molecule has 0 aliphatic rings. The molecule has 1 amide bonds. The smallest absolute Gasteiger partial charge is 0.264 e. The lowest BCUT2D eigenvalue weighted by molar-refractivity contribution is -0.119. The van der Waals surface area contributed by atoms with E-state index in [1.807, 2.05) is 32.9 Å². The molecule has 208 valence electrons. The van der Waals surface area contributed by atoms with Gasteiger partial charge in [0.2, 0.25) is 0 Å². The van der Waals surface area contributed by atoms with Crippen LogP contribution >= 0.6 is 0 Å². The fraction of sp³-hybridized carbons (Fsp3) is 0.226. The van der Waals surface area contributed by atoms with E-state index in [1.54, 1.807) is 48.7 Å². The minimum atomic E-state index is -4.02. The van der Waals surface area contributed by atoms with Crippen LogP contribution in [-0.4, -0.2) is 38.3 Å². The number of hydrazone groups is 1. The molecule has 0 atom stereocenters. The number of amides is 1. The number of sulfonamides is 1. The number of nitrogens with zero attached hydrogens (tertiary/aromatic N) is 3. The standard InChI is InChI=1S/C31H34N4O4S/c1-6-39-28-17-15-27(16-18-28)34(40(37,38)29-13-8-7-9-14-29)21-30(36)33-32-20-26-19-24(4)35(25(26)5)31-22(2)11-10-12-23(31)3/h7-20H,6,21H2,1-5H3,(H,33,36)/b32-20+. The van der Waals surface area contributed by atoms with Crippen LogP contribution in [0, 0.1) is 27.7 Å². The Labute approximate surface area is 236 Å². The Morgan fingerprint density at radius 1 is 0.950 bits per heavy atom. The highest BCUT2D eigenvalue weighted by Crippen LogP contribution is 2.27. The third-order valence-electron chi connectivity index (χ3n) is 6.58. The van der Waals surface area contributed by atoms with E-state index in [-0.39, 0.29) is 4.90 Å². The zero-order valence-electron chi connectivity index (χ0n) is 23.4. The first kappa shape index (κ1) is 28.6. The second-order valence-corrected chi connectivity index (χ2v) is 11.3. The fourth-order valence-electron chi connectivity index (χ4n) is 4.67. The van der Waals surface area contributed by atoms with Gasteiger partial charge in [-0.05, 0) is 88.2 Å². The SMILES string of the molecule is CCOc1ccc(N(CC(=O)N/N=C/c2cc(C)n(-c3c(C)cccc3C)c2C)S(=O)(=O)c2ccccc2)cc1. The van der Waals surface area contributed by atoms with E-state index < -0.39 is 22.5 Å². The van der Waals surface area contributed by atoms with Gasteiger partial charge >= 0.3 is 0 Å². The number of aromatic nitrogens is 1. The minimum Gasteiger partial charge on any atom is -0.494 e. The summed E-state index contributed by atoms with van der Waals surface area (Å²) in [5.74, 6) is 0.0315. The summed E-state index contributed by atoms with van der Waals surface area (Å²) in [7, 11) is -4.02. The molecule has 0 saturated heterocycles. The topological polar surface area (TPSA) is 93.0 Å². The first-order chi connectivity index (χ1) is 19.1. The largest absolute Gasteiger partial charge is 0.494 e. The Hall–Kier alpha value is -4.37. The maximum absolute atomic E-state index is 13.5. The van der Waals surface area contributed by atoms with E-state index in [9.17, 15) is 13.2 Å². The number of carbonyl (C=O) groups excluding carboxylic acids is 1. The highest BCUT2D eigenvalue weighted by molar-refractivity contribution is 7.92. The average Bonchev–Trinajstić information content (AvgIpc) is 3.21. The molecular formula is C31H34N4O4S. The van der Waals surface area contributed by atoms with Gasteiger partial charge < -0.3 is 9.30 Å². The first-order valence-electron chi connectivity index (χ1n) is 13.0. The lowest BCUT2D eigenvalue weighted by Crippen LogP contribution is -2.39. The van der Waals surface area contributed by atoms with E-state index in [2.05, 4.69) is 41.1 Å². The summed E-state index contributed by atoms with van der Waals surface area (Å²) in [4.78, 5) is 13.1. The van der Waals surface area contributed by atoms with E-state index in [0.717, 1.165) is 38.1 Å².